The lowest BCUT2D eigenvalue weighted by Crippen LogP contribution is -2.59. The first kappa shape index (κ1) is 36.9. The molecule has 12 heteroatoms. The van der Waals surface area contributed by atoms with Crippen molar-refractivity contribution in [2.75, 3.05) is 20.2 Å². The summed E-state index contributed by atoms with van der Waals surface area (Å²) in [6.45, 7) is 1.98. The van der Waals surface area contributed by atoms with Crippen LogP contribution in [0.15, 0.2) is 66.7 Å². The summed E-state index contributed by atoms with van der Waals surface area (Å²) >= 11 is 0. The molecule has 1 saturated heterocycles. The van der Waals surface area contributed by atoms with Gasteiger partial charge in [0.05, 0.1) is 19.3 Å². The summed E-state index contributed by atoms with van der Waals surface area (Å²) in [7, 11) is 1.56. The number of nitrogens with one attached hydrogen (secondary N) is 3. The summed E-state index contributed by atoms with van der Waals surface area (Å²) in [5, 5.41) is 20.4. The number of halogens is 3. The highest BCUT2D eigenvalue weighted by atomic mass is 19.1. The van der Waals surface area contributed by atoms with Crippen LogP contribution in [0, 0.1) is 23.4 Å². The quantitative estimate of drug-likeness (QED) is 0.168. The lowest BCUT2D eigenvalue weighted by Gasteiger charge is -2.33. The van der Waals surface area contributed by atoms with Crippen LogP contribution in [-0.2, 0) is 33.8 Å². The first-order valence-corrected chi connectivity index (χ1v) is 17.1. The van der Waals surface area contributed by atoms with Gasteiger partial charge in [0.25, 0.3) is 0 Å². The van der Waals surface area contributed by atoms with E-state index >= 15 is 0 Å². The molecule has 1 heterocycles. The molecular formula is C38H45F3N4O5. The number of carbonyl (C=O) groups excluding carboxylic acids is 3. The molecule has 268 valence electrons. The van der Waals surface area contributed by atoms with E-state index < -0.39 is 47.1 Å². The topological polar surface area (TPSA) is 120 Å². The van der Waals surface area contributed by atoms with Crippen LogP contribution >= 0.6 is 0 Å². The molecule has 0 spiro atoms. The van der Waals surface area contributed by atoms with Crippen molar-refractivity contribution in [2.24, 2.45) is 5.92 Å². The first-order valence-electron chi connectivity index (χ1n) is 17.1. The molecule has 50 heavy (non-hydrogen) atoms. The Morgan fingerprint density at radius 1 is 0.980 bits per heavy atom. The Labute approximate surface area is 290 Å². The molecule has 2 fully saturated rings. The van der Waals surface area contributed by atoms with Gasteiger partial charge in [0.1, 0.15) is 34.8 Å². The fourth-order valence-electron chi connectivity index (χ4n) is 6.82. The molecule has 2 aliphatic rings. The SMILES string of the molecule is COc1cccc(CNC[C@H](O)[C@H](Cc2cc(F)cc(F)c2)NC(=O)[C@H](CCc2ccc(F)cc2)N2CC[C@](CC3CC3)(NC(C)=O)C2=O)c1. The number of aryl methyl sites for hydroxylation is 1. The average Bonchev–Trinajstić information content (AvgIpc) is 3.83. The molecule has 4 atom stereocenters. The highest BCUT2D eigenvalue weighted by Gasteiger charge is 2.52. The van der Waals surface area contributed by atoms with E-state index in [-0.39, 0.29) is 43.3 Å². The molecule has 1 aliphatic carbocycles. The number of methoxy groups -OCH3 is 1. The summed E-state index contributed by atoms with van der Waals surface area (Å²) in [5.74, 6) is -2.23. The highest BCUT2D eigenvalue weighted by Crippen LogP contribution is 2.41. The average molecular weight is 695 g/mol. The molecule has 0 aromatic heterocycles. The highest BCUT2D eigenvalue weighted by molar-refractivity contribution is 5.96. The number of hydrogen-bond acceptors (Lipinski definition) is 6. The number of rotatable bonds is 17. The number of nitrogens with zero attached hydrogens (tertiary/aromatic N) is 1. The number of aliphatic hydroxyl groups excluding tert-OH is 1. The molecule has 4 N–H and O–H groups in total. The molecule has 3 aromatic carbocycles. The minimum atomic E-state index is -1.20. The van der Waals surface area contributed by atoms with Gasteiger partial charge in [-0.15, -0.1) is 0 Å². The lowest BCUT2D eigenvalue weighted by molar-refractivity contribution is -0.143. The third kappa shape index (κ3) is 9.85. The Bertz CT molecular complexity index is 1630. The van der Waals surface area contributed by atoms with Gasteiger partial charge in [-0.25, -0.2) is 13.2 Å². The maximum absolute atomic E-state index is 14.3. The van der Waals surface area contributed by atoms with Crippen LogP contribution in [-0.4, -0.2) is 71.7 Å². The van der Waals surface area contributed by atoms with Gasteiger partial charge in [-0.05, 0) is 91.1 Å². The van der Waals surface area contributed by atoms with Crippen LogP contribution in [0.3, 0.4) is 0 Å². The van der Waals surface area contributed by atoms with Crippen molar-refractivity contribution >= 4 is 17.7 Å². The van der Waals surface area contributed by atoms with E-state index in [1.54, 1.807) is 19.2 Å². The zero-order valence-corrected chi connectivity index (χ0v) is 28.4. The monoisotopic (exact) mass is 694 g/mol. The second-order valence-corrected chi connectivity index (χ2v) is 13.5. The maximum atomic E-state index is 14.3. The predicted octanol–water partition coefficient (Wildman–Crippen LogP) is 4.20. The van der Waals surface area contributed by atoms with Crippen LogP contribution in [0.4, 0.5) is 13.2 Å². The van der Waals surface area contributed by atoms with Crippen LogP contribution in [0.1, 0.15) is 55.7 Å². The van der Waals surface area contributed by atoms with Gasteiger partial charge >= 0.3 is 0 Å². The number of carbonyl (C=O) groups is 3. The van der Waals surface area contributed by atoms with E-state index in [1.807, 2.05) is 24.3 Å². The van der Waals surface area contributed by atoms with E-state index in [9.17, 15) is 32.7 Å². The van der Waals surface area contributed by atoms with Crippen molar-refractivity contribution in [2.45, 2.75) is 82.1 Å². The van der Waals surface area contributed by atoms with Gasteiger partial charge in [0.2, 0.25) is 17.7 Å². The fraction of sp³-hybridized carbons (Fsp3) is 0.447. The van der Waals surface area contributed by atoms with Crippen molar-refractivity contribution in [3.63, 3.8) is 0 Å². The zero-order chi connectivity index (χ0) is 35.8. The first-order chi connectivity index (χ1) is 23.9. The second-order valence-electron chi connectivity index (χ2n) is 13.5. The van der Waals surface area contributed by atoms with Gasteiger partial charge in [-0.1, -0.05) is 37.1 Å². The Morgan fingerprint density at radius 2 is 1.70 bits per heavy atom. The van der Waals surface area contributed by atoms with Gasteiger partial charge in [-0.3, -0.25) is 14.4 Å². The molecule has 0 unspecified atom stereocenters. The minimum absolute atomic E-state index is 0.0237. The van der Waals surface area contributed by atoms with E-state index in [1.165, 1.54) is 24.0 Å². The maximum Gasteiger partial charge on any atom is 0.249 e. The molecule has 9 nitrogen and oxygen atoms in total. The smallest absolute Gasteiger partial charge is 0.249 e. The minimum Gasteiger partial charge on any atom is -0.497 e. The van der Waals surface area contributed by atoms with Crippen LogP contribution in [0.2, 0.25) is 0 Å². The molecule has 3 aromatic rings. The molecule has 3 amide bonds. The van der Waals surface area contributed by atoms with Crippen molar-refractivity contribution in [3.8, 4) is 5.75 Å². The van der Waals surface area contributed by atoms with Crippen molar-refractivity contribution in [1.29, 1.82) is 0 Å². The Balaban J connectivity index is 1.38. The summed E-state index contributed by atoms with van der Waals surface area (Å²) in [4.78, 5) is 42.2. The molecule has 1 aliphatic heterocycles. The third-order valence-electron chi connectivity index (χ3n) is 9.48. The number of benzene rings is 3. The third-order valence-corrected chi connectivity index (χ3v) is 9.48. The summed E-state index contributed by atoms with van der Waals surface area (Å²) in [6.07, 6.45) is 1.97. The van der Waals surface area contributed by atoms with Crippen molar-refractivity contribution in [1.82, 2.24) is 20.9 Å². The lowest BCUT2D eigenvalue weighted by atomic mass is 9.90. The fourth-order valence-corrected chi connectivity index (χ4v) is 6.82. The van der Waals surface area contributed by atoms with E-state index in [4.69, 9.17) is 4.74 Å². The number of aliphatic hydroxyl groups is 1. The van der Waals surface area contributed by atoms with E-state index in [0.29, 0.717) is 37.5 Å². The summed E-state index contributed by atoms with van der Waals surface area (Å²) in [6, 6.07) is 14.3. The van der Waals surface area contributed by atoms with Gasteiger partial charge < -0.3 is 30.7 Å². The second kappa shape index (κ2) is 16.5. The van der Waals surface area contributed by atoms with Gasteiger partial charge in [0, 0.05) is 32.6 Å². The molecule has 5 rings (SSSR count). The molecule has 0 bridgehead atoms. The number of hydrogen-bond donors (Lipinski definition) is 4. The molecule has 0 radical (unpaired) electrons. The van der Waals surface area contributed by atoms with Gasteiger partial charge in [-0.2, -0.15) is 0 Å². The number of ether oxygens (including phenoxy) is 1. The van der Waals surface area contributed by atoms with Gasteiger partial charge in [0.15, 0.2) is 0 Å². The number of likely N-dealkylation sites (tertiary alicyclic amines) is 1. The normalized spacial score (nSPS) is 19.2. The summed E-state index contributed by atoms with van der Waals surface area (Å²) in [5.41, 5.74) is 0.764. The zero-order valence-electron chi connectivity index (χ0n) is 28.4. The van der Waals surface area contributed by atoms with E-state index in [0.717, 1.165) is 42.2 Å². The van der Waals surface area contributed by atoms with E-state index in [2.05, 4.69) is 16.0 Å². The summed E-state index contributed by atoms with van der Waals surface area (Å²) < 4.78 is 47.3. The predicted molar refractivity (Wildman–Crippen MR) is 181 cm³/mol. The van der Waals surface area contributed by atoms with Crippen molar-refractivity contribution < 1.29 is 37.4 Å². The van der Waals surface area contributed by atoms with Crippen LogP contribution in [0.5, 0.6) is 5.75 Å². The largest absolute Gasteiger partial charge is 0.497 e. The Morgan fingerprint density at radius 3 is 2.36 bits per heavy atom. The Kier molecular flexibility index (Phi) is 12.2. The standard InChI is InChI=1S/C38H45F3N4O5/c1-24(46)44-38(21-26-6-7-26)14-15-45(37(38)49)34(13-10-25-8-11-29(39)12-9-25)36(48)43-33(19-28-16-30(40)20-31(41)17-28)35(47)23-42-22-27-4-3-5-32(18-27)50-2/h3-5,8-9,11-12,16-18,20,26,33-35,42,47H,6-7,10,13-15,19,21-23H2,1-2H3,(H,43,48)(H,44,46)/t33-,34-,35-,38+/m0/s1. The van der Waals surface area contributed by atoms with Crippen LogP contribution in [0.25, 0.3) is 0 Å². The van der Waals surface area contributed by atoms with Crippen molar-refractivity contribution in [3.05, 3.63) is 101 Å². The number of amides is 3. The molecule has 1 saturated carbocycles. The Hall–Kier alpha value is -4.42. The molecular weight excluding hydrogens is 649 g/mol. The van der Waals surface area contributed by atoms with Crippen LogP contribution < -0.4 is 20.7 Å².